The predicted molar refractivity (Wildman–Crippen MR) is 163 cm³/mol. The van der Waals surface area contributed by atoms with Crippen LogP contribution >= 0.6 is 11.3 Å². The molecule has 16 heteroatoms. The number of benzene rings is 3. The number of carbonyl (C=O) groups excluding carboxylic acids is 2. The Kier molecular flexibility index (Phi) is 8.61. The molecule has 1 fully saturated rings. The summed E-state index contributed by atoms with van der Waals surface area (Å²) in [7, 11) is 0.453. The van der Waals surface area contributed by atoms with Gasteiger partial charge < -0.3 is 24.7 Å². The van der Waals surface area contributed by atoms with E-state index in [0.29, 0.717) is 28.9 Å². The molecule has 1 saturated heterocycles. The molecule has 1 aliphatic heterocycles. The van der Waals surface area contributed by atoms with Gasteiger partial charge in [0.2, 0.25) is 0 Å². The van der Waals surface area contributed by atoms with Crippen LogP contribution in [-0.4, -0.2) is 37.2 Å². The molecule has 5 rings (SSSR count). The number of carbonyl (C=O) groups is 2. The van der Waals surface area contributed by atoms with E-state index >= 15 is 0 Å². The first-order valence-electron chi connectivity index (χ1n) is 13.9. The van der Waals surface area contributed by atoms with E-state index in [-0.39, 0.29) is 32.0 Å². The molecule has 1 aromatic heterocycles. The monoisotopic (exact) mass is 682 g/mol. The summed E-state index contributed by atoms with van der Waals surface area (Å²) in [6.07, 6.45) is -9.79. The minimum Gasteiger partial charge on any atom is -0.496 e. The molecule has 248 valence electrons. The summed E-state index contributed by atoms with van der Waals surface area (Å²) in [6, 6.07) is 8.98. The molecule has 7 nitrogen and oxygen atoms in total. The van der Waals surface area contributed by atoms with Gasteiger partial charge in [0.1, 0.15) is 16.4 Å². The SMILES string of the molecule is COc1ccc(B2OC(C)(C)C(C)(C)O2)cc1C(=O)Nc1c(C(=O)Nc2ccc(F)c(C(F)(F)F)c2)sc2cc(C(F)(F)F)ccc12. The fourth-order valence-corrected chi connectivity index (χ4v) is 5.87. The Bertz CT molecular complexity index is 1870. The maximum Gasteiger partial charge on any atom is 0.494 e. The molecule has 0 radical (unpaired) electrons. The lowest BCUT2D eigenvalue weighted by Crippen LogP contribution is -2.41. The zero-order valence-electron chi connectivity index (χ0n) is 25.4. The normalized spacial score (nSPS) is 16.0. The Morgan fingerprint density at radius 1 is 0.830 bits per heavy atom. The first-order chi connectivity index (χ1) is 21.7. The Hall–Kier alpha value is -4.15. The van der Waals surface area contributed by atoms with E-state index in [9.17, 15) is 40.3 Å². The third kappa shape index (κ3) is 6.67. The standard InChI is InChI=1S/C31H26BF7N2O5S/c1-28(2)29(3,4)46-32(45-28)16-7-11-22(44-5)19(13-16)26(42)41-24-18-9-6-15(30(34,35)36)12-23(18)47-25(24)27(43)40-17-8-10-21(33)20(14-17)31(37,38)39/h6-14H,1-5H3,(H,40,43)(H,41,42). The number of alkyl halides is 6. The number of hydrogen-bond donors (Lipinski definition) is 2. The second-order valence-corrected chi connectivity index (χ2v) is 12.7. The molecule has 0 spiro atoms. The van der Waals surface area contributed by atoms with Gasteiger partial charge in [-0.05, 0) is 75.6 Å². The molecule has 0 bridgehead atoms. The number of methoxy groups -OCH3 is 1. The van der Waals surface area contributed by atoms with Crippen LogP contribution in [0.15, 0.2) is 54.6 Å². The number of thiophene rings is 1. The molecule has 0 aliphatic carbocycles. The van der Waals surface area contributed by atoms with Crippen LogP contribution in [0.25, 0.3) is 10.1 Å². The van der Waals surface area contributed by atoms with Gasteiger partial charge in [-0.15, -0.1) is 11.3 Å². The highest BCUT2D eigenvalue weighted by Crippen LogP contribution is 2.41. The van der Waals surface area contributed by atoms with Crippen LogP contribution in [0.1, 0.15) is 58.9 Å². The van der Waals surface area contributed by atoms with Crippen LogP contribution in [0.4, 0.5) is 42.1 Å². The molecule has 47 heavy (non-hydrogen) atoms. The minimum atomic E-state index is -5.07. The lowest BCUT2D eigenvalue weighted by molar-refractivity contribution is -0.140. The third-order valence-electron chi connectivity index (χ3n) is 7.99. The highest BCUT2D eigenvalue weighted by atomic mass is 32.1. The summed E-state index contributed by atoms with van der Waals surface area (Å²) < 4.78 is 112. The van der Waals surface area contributed by atoms with E-state index in [4.69, 9.17) is 14.0 Å². The Balaban J connectivity index is 1.55. The van der Waals surface area contributed by atoms with Crippen molar-refractivity contribution in [3.8, 4) is 5.75 Å². The number of hydrogen-bond acceptors (Lipinski definition) is 6. The van der Waals surface area contributed by atoms with Crippen LogP contribution in [-0.2, 0) is 21.7 Å². The molecular formula is C31H26BF7N2O5S. The van der Waals surface area contributed by atoms with Crippen molar-refractivity contribution >= 4 is 57.2 Å². The quantitative estimate of drug-likeness (QED) is 0.160. The fraction of sp³-hybridized carbons (Fsp3) is 0.290. The van der Waals surface area contributed by atoms with E-state index in [2.05, 4.69) is 10.6 Å². The van der Waals surface area contributed by atoms with Gasteiger partial charge in [0, 0.05) is 15.8 Å². The maximum atomic E-state index is 13.8. The Morgan fingerprint density at radius 2 is 1.49 bits per heavy atom. The van der Waals surface area contributed by atoms with Gasteiger partial charge in [-0.1, -0.05) is 12.1 Å². The first kappa shape index (κ1) is 34.2. The number of halogens is 7. The van der Waals surface area contributed by atoms with Crippen molar-refractivity contribution in [3.63, 3.8) is 0 Å². The van der Waals surface area contributed by atoms with Crippen molar-refractivity contribution < 1.29 is 54.4 Å². The number of anilines is 2. The zero-order valence-corrected chi connectivity index (χ0v) is 26.2. The second-order valence-electron chi connectivity index (χ2n) is 11.7. The van der Waals surface area contributed by atoms with Crippen LogP contribution in [0, 0.1) is 5.82 Å². The highest BCUT2D eigenvalue weighted by molar-refractivity contribution is 7.21. The van der Waals surface area contributed by atoms with Gasteiger partial charge >= 0.3 is 19.5 Å². The second kappa shape index (κ2) is 11.8. The molecule has 0 atom stereocenters. The van der Waals surface area contributed by atoms with Gasteiger partial charge in [-0.3, -0.25) is 9.59 Å². The Labute approximate surface area is 268 Å². The van der Waals surface area contributed by atoms with Gasteiger partial charge in [0.15, 0.2) is 0 Å². The summed E-state index contributed by atoms with van der Waals surface area (Å²) >= 11 is 0.570. The first-order valence-corrected chi connectivity index (χ1v) is 14.7. The molecule has 2 amide bonds. The highest BCUT2D eigenvalue weighted by Gasteiger charge is 2.52. The Morgan fingerprint density at radius 3 is 2.09 bits per heavy atom. The number of nitrogens with one attached hydrogen (secondary N) is 2. The summed E-state index contributed by atoms with van der Waals surface area (Å²) in [5.41, 5.74) is -4.28. The molecule has 2 N–H and O–H groups in total. The van der Waals surface area contributed by atoms with Crippen LogP contribution in [0.5, 0.6) is 5.75 Å². The molecule has 0 unspecified atom stereocenters. The lowest BCUT2D eigenvalue weighted by atomic mass is 9.78. The van der Waals surface area contributed by atoms with Gasteiger partial charge in [0.05, 0.1) is 40.7 Å². The average Bonchev–Trinajstić information content (AvgIpc) is 3.44. The van der Waals surface area contributed by atoms with E-state index in [1.54, 1.807) is 6.07 Å². The van der Waals surface area contributed by atoms with Crippen molar-refractivity contribution in [1.82, 2.24) is 0 Å². The number of rotatable bonds is 6. The molecule has 1 aliphatic rings. The van der Waals surface area contributed by atoms with Crippen molar-refractivity contribution in [2.24, 2.45) is 0 Å². The van der Waals surface area contributed by atoms with Crippen molar-refractivity contribution in [2.45, 2.75) is 51.2 Å². The van der Waals surface area contributed by atoms with Crippen molar-refractivity contribution in [2.75, 3.05) is 17.7 Å². The topological polar surface area (TPSA) is 85.9 Å². The maximum absolute atomic E-state index is 13.8. The lowest BCUT2D eigenvalue weighted by Gasteiger charge is -2.32. The third-order valence-corrected chi connectivity index (χ3v) is 9.14. The smallest absolute Gasteiger partial charge is 0.494 e. The van der Waals surface area contributed by atoms with E-state index in [0.717, 1.165) is 24.3 Å². The fourth-order valence-electron chi connectivity index (χ4n) is 4.77. The molecule has 4 aromatic rings. The van der Waals surface area contributed by atoms with E-state index in [1.165, 1.54) is 19.2 Å². The van der Waals surface area contributed by atoms with Crippen molar-refractivity contribution in [3.05, 3.63) is 82.0 Å². The van der Waals surface area contributed by atoms with Gasteiger partial charge in [-0.25, -0.2) is 4.39 Å². The number of amides is 2. The molecule has 2 heterocycles. The van der Waals surface area contributed by atoms with E-state index < -0.39 is 65.1 Å². The van der Waals surface area contributed by atoms with E-state index in [1.807, 2.05) is 27.7 Å². The average molecular weight is 682 g/mol. The van der Waals surface area contributed by atoms with Crippen LogP contribution < -0.4 is 20.8 Å². The predicted octanol–water partition coefficient (Wildman–Crippen LogP) is 7.89. The molecule has 3 aromatic carbocycles. The van der Waals surface area contributed by atoms with Gasteiger partial charge in [-0.2, -0.15) is 26.3 Å². The summed E-state index contributed by atoms with van der Waals surface area (Å²) in [6.45, 7) is 7.38. The number of fused-ring (bicyclic) bond motifs is 1. The zero-order chi connectivity index (χ0) is 34.7. The van der Waals surface area contributed by atoms with Gasteiger partial charge in [0.25, 0.3) is 11.8 Å². The van der Waals surface area contributed by atoms with Crippen molar-refractivity contribution in [1.29, 1.82) is 0 Å². The summed E-state index contributed by atoms with van der Waals surface area (Å²) in [5, 5.41) is 4.84. The summed E-state index contributed by atoms with van der Waals surface area (Å²) in [5.74, 6) is -3.34. The molecular weight excluding hydrogens is 656 g/mol. The minimum absolute atomic E-state index is 0.0364. The largest absolute Gasteiger partial charge is 0.496 e. The summed E-state index contributed by atoms with van der Waals surface area (Å²) in [4.78, 5) is 26.9. The number of ether oxygens (including phenoxy) is 1. The molecule has 0 saturated carbocycles. The van der Waals surface area contributed by atoms with Crippen LogP contribution in [0.2, 0.25) is 0 Å². The van der Waals surface area contributed by atoms with Crippen LogP contribution in [0.3, 0.4) is 0 Å².